The highest BCUT2D eigenvalue weighted by atomic mass is 35.5. The average molecular weight is 511 g/mol. The van der Waals surface area contributed by atoms with Gasteiger partial charge in [0.1, 0.15) is 11.4 Å². The summed E-state index contributed by atoms with van der Waals surface area (Å²) in [6, 6.07) is 8.40. The van der Waals surface area contributed by atoms with Crippen molar-refractivity contribution < 1.29 is 22.0 Å². The standard InChI is InChI=1S/C23H20ClF5N6/c24-14-5-4-12-9-16(10-13(12)8-14)31-21-34-19(17-2-1-3-18(32-17)23(27,28)29)33-20(35-21)30-15-6-7-22(25,26)11-15/h1-5,8,15-16H,6-7,9-11H2,(H2,30,31,33,34,35). The molecule has 184 valence electrons. The third-order valence-corrected chi connectivity index (χ3v) is 6.31. The number of halogens is 6. The molecular weight excluding hydrogens is 491 g/mol. The Balaban J connectivity index is 1.44. The van der Waals surface area contributed by atoms with Crippen LogP contribution in [-0.4, -0.2) is 37.9 Å². The first kappa shape index (κ1) is 23.7. The van der Waals surface area contributed by atoms with Gasteiger partial charge in [-0.25, -0.2) is 13.8 Å². The van der Waals surface area contributed by atoms with E-state index in [1.54, 1.807) is 0 Å². The maximum Gasteiger partial charge on any atom is 0.433 e. The predicted molar refractivity (Wildman–Crippen MR) is 121 cm³/mol. The lowest BCUT2D eigenvalue weighted by atomic mass is 10.1. The van der Waals surface area contributed by atoms with E-state index in [0.29, 0.717) is 17.9 Å². The van der Waals surface area contributed by atoms with E-state index >= 15 is 0 Å². The first-order chi connectivity index (χ1) is 16.5. The van der Waals surface area contributed by atoms with Crippen LogP contribution in [0.25, 0.3) is 11.5 Å². The van der Waals surface area contributed by atoms with Crippen LogP contribution in [0.2, 0.25) is 5.02 Å². The Morgan fingerprint density at radius 3 is 2.29 bits per heavy atom. The topological polar surface area (TPSA) is 75.6 Å². The Morgan fingerprint density at radius 2 is 1.60 bits per heavy atom. The molecule has 5 rings (SSSR count). The maximum absolute atomic E-state index is 13.7. The Labute approximate surface area is 202 Å². The van der Waals surface area contributed by atoms with Crippen molar-refractivity contribution in [2.24, 2.45) is 0 Å². The number of pyridine rings is 1. The summed E-state index contributed by atoms with van der Waals surface area (Å²) in [7, 11) is 0. The quantitative estimate of drug-likeness (QED) is 0.423. The molecule has 1 fully saturated rings. The van der Waals surface area contributed by atoms with Crippen LogP contribution in [0.5, 0.6) is 0 Å². The van der Waals surface area contributed by atoms with Gasteiger partial charge in [-0.05, 0) is 54.7 Å². The first-order valence-corrected chi connectivity index (χ1v) is 11.4. The normalized spacial score (nSPS) is 21.1. The lowest BCUT2D eigenvalue weighted by Crippen LogP contribution is -2.24. The minimum absolute atomic E-state index is 0.00188. The van der Waals surface area contributed by atoms with Crippen LogP contribution in [0.3, 0.4) is 0 Å². The van der Waals surface area contributed by atoms with Crippen LogP contribution in [0.15, 0.2) is 36.4 Å². The number of rotatable bonds is 5. The zero-order chi connectivity index (χ0) is 24.8. The van der Waals surface area contributed by atoms with E-state index in [0.717, 1.165) is 17.2 Å². The van der Waals surface area contributed by atoms with Gasteiger partial charge in [-0.2, -0.15) is 28.1 Å². The lowest BCUT2D eigenvalue weighted by molar-refractivity contribution is -0.141. The van der Waals surface area contributed by atoms with Crippen LogP contribution in [-0.2, 0) is 19.0 Å². The predicted octanol–water partition coefficient (Wildman–Crippen LogP) is 5.78. The molecule has 1 aromatic carbocycles. The van der Waals surface area contributed by atoms with E-state index in [4.69, 9.17) is 11.6 Å². The monoisotopic (exact) mass is 510 g/mol. The zero-order valence-corrected chi connectivity index (χ0v) is 19.0. The number of aromatic nitrogens is 4. The van der Waals surface area contributed by atoms with E-state index in [9.17, 15) is 22.0 Å². The highest BCUT2D eigenvalue weighted by Crippen LogP contribution is 2.36. The second kappa shape index (κ2) is 8.85. The molecule has 0 spiro atoms. The van der Waals surface area contributed by atoms with Crippen molar-refractivity contribution in [3.63, 3.8) is 0 Å². The second-order valence-corrected chi connectivity index (χ2v) is 9.25. The Kier molecular flexibility index (Phi) is 5.98. The number of nitrogens with one attached hydrogen (secondary N) is 2. The molecule has 12 heteroatoms. The largest absolute Gasteiger partial charge is 0.433 e. The molecule has 3 aromatic rings. The van der Waals surface area contributed by atoms with Crippen molar-refractivity contribution >= 4 is 23.5 Å². The van der Waals surface area contributed by atoms with Crippen LogP contribution in [0, 0.1) is 0 Å². The number of hydrogen-bond donors (Lipinski definition) is 2. The fourth-order valence-corrected chi connectivity index (χ4v) is 4.66. The van der Waals surface area contributed by atoms with Crippen molar-refractivity contribution in [1.82, 2.24) is 19.9 Å². The molecule has 35 heavy (non-hydrogen) atoms. The van der Waals surface area contributed by atoms with Crippen molar-refractivity contribution in [2.75, 3.05) is 10.6 Å². The molecule has 1 saturated carbocycles. The summed E-state index contributed by atoms with van der Waals surface area (Å²) < 4.78 is 66.9. The van der Waals surface area contributed by atoms with Crippen molar-refractivity contribution in [3.05, 3.63) is 58.2 Å². The van der Waals surface area contributed by atoms with Crippen LogP contribution in [0.4, 0.5) is 33.8 Å². The molecule has 2 aliphatic carbocycles. The number of benzene rings is 1. The summed E-state index contributed by atoms with van der Waals surface area (Å²) in [6.45, 7) is 0. The first-order valence-electron chi connectivity index (χ1n) is 11.0. The van der Waals surface area contributed by atoms with Crippen LogP contribution in [0.1, 0.15) is 36.1 Å². The summed E-state index contributed by atoms with van der Waals surface area (Å²) in [5.74, 6) is -2.77. The van der Waals surface area contributed by atoms with Gasteiger partial charge in [0.05, 0.1) is 0 Å². The van der Waals surface area contributed by atoms with Gasteiger partial charge >= 0.3 is 6.18 Å². The Bertz CT molecular complexity index is 1250. The Morgan fingerprint density at radius 1 is 0.886 bits per heavy atom. The van der Waals surface area contributed by atoms with Gasteiger partial charge in [0.15, 0.2) is 5.82 Å². The number of nitrogens with zero attached hydrogens (tertiary/aromatic N) is 4. The number of fused-ring (bicyclic) bond motifs is 1. The molecule has 0 radical (unpaired) electrons. The number of hydrogen-bond acceptors (Lipinski definition) is 6. The smallest absolute Gasteiger partial charge is 0.351 e. The number of alkyl halides is 5. The molecule has 0 amide bonds. The average Bonchev–Trinajstić information content (AvgIpc) is 3.34. The van der Waals surface area contributed by atoms with Crippen molar-refractivity contribution in [2.45, 2.75) is 56.3 Å². The third kappa shape index (κ3) is 5.44. The fourth-order valence-electron chi connectivity index (χ4n) is 4.46. The second-order valence-electron chi connectivity index (χ2n) is 8.81. The van der Waals surface area contributed by atoms with Crippen molar-refractivity contribution in [1.29, 1.82) is 0 Å². The molecule has 2 heterocycles. The summed E-state index contributed by atoms with van der Waals surface area (Å²) in [4.78, 5) is 16.5. The molecule has 2 aliphatic rings. The SMILES string of the molecule is FC1(F)CCC(Nc2nc(NC3Cc4ccc(Cl)cc4C3)nc(-c3cccc(C(F)(F)F)n3)n2)C1. The van der Waals surface area contributed by atoms with E-state index in [1.165, 1.54) is 12.1 Å². The summed E-state index contributed by atoms with van der Waals surface area (Å²) in [5.41, 5.74) is 1.01. The van der Waals surface area contributed by atoms with E-state index in [1.807, 2.05) is 18.2 Å². The number of anilines is 2. The van der Waals surface area contributed by atoms with Crippen molar-refractivity contribution in [3.8, 4) is 11.5 Å². The van der Waals surface area contributed by atoms with Gasteiger partial charge in [-0.15, -0.1) is 0 Å². The summed E-state index contributed by atoms with van der Waals surface area (Å²) >= 11 is 6.08. The van der Waals surface area contributed by atoms with E-state index < -0.39 is 23.8 Å². The van der Waals surface area contributed by atoms with Gasteiger partial charge in [-0.3, -0.25) is 0 Å². The zero-order valence-electron chi connectivity index (χ0n) is 18.2. The minimum Gasteiger partial charge on any atom is -0.351 e. The molecule has 2 unspecified atom stereocenters. The summed E-state index contributed by atoms with van der Waals surface area (Å²) in [6.07, 6.45) is -3.73. The molecule has 0 bridgehead atoms. The van der Waals surface area contributed by atoms with Crippen LogP contribution < -0.4 is 10.6 Å². The highest BCUT2D eigenvalue weighted by molar-refractivity contribution is 6.30. The molecule has 2 N–H and O–H groups in total. The Hall–Kier alpha value is -3.08. The molecule has 0 aliphatic heterocycles. The molecule has 6 nitrogen and oxygen atoms in total. The van der Waals surface area contributed by atoms with Gasteiger partial charge in [0.2, 0.25) is 17.8 Å². The van der Waals surface area contributed by atoms with Gasteiger partial charge in [-0.1, -0.05) is 23.7 Å². The minimum atomic E-state index is -4.64. The lowest BCUT2D eigenvalue weighted by Gasteiger charge is -2.17. The highest BCUT2D eigenvalue weighted by Gasteiger charge is 2.40. The van der Waals surface area contributed by atoms with E-state index in [-0.39, 0.29) is 48.7 Å². The molecular formula is C23H20ClF5N6. The van der Waals surface area contributed by atoms with Gasteiger partial charge in [0, 0.05) is 29.9 Å². The van der Waals surface area contributed by atoms with Gasteiger partial charge in [0.25, 0.3) is 0 Å². The van der Waals surface area contributed by atoms with E-state index in [2.05, 4.69) is 30.6 Å². The fraction of sp³-hybridized carbons (Fsp3) is 0.391. The summed E-state index contributed by atoms with van der Waals surface area (Å²) in [5, 5.41) is 6.72. The molecule has 0 saturated heterocycles. The maximum atomic E-state index is 13.7. The third-order valence-electron chi connectivity index (χ3n) is 6.08. The van der Waals surface area contributed by atoms with Gasteiger partial charge < -0.3 is 10.6 Å². The molecule has 2 atom stereocenters. The van der Waals surface area contributed by atoms with Crippen LogP contribution >= 0.6 is 11.6 Å². The molecule has 2 aromatic heterocycles.